The minimum Gasteiger partial charge on any atom is -0.481 e. The van der Waals surface area contributed by atoms with Crippen molar-refractivity contribution in [1.29, 1.82) is 0 Å². The van der Waals surface area contributed by atoms with Crippen LogP contribution in [0.3, 0.4) is 0 Å². The molecule has 0 radical (unpaired) electrons. The zero-order valence-corrected chi connectivity index (χ0v) is 17.7. The number of aryl methyl sites for hydroxylation is 2. The van der Waals surface area contributed by atoms with Crippen LogP contribution in [0.25, 0.3) is 11.1 Å². The molecule has 0 unspecified atom stereocenters. The van der Waals surface area contributed by atoms with Gasteiger partial charge in [-0.3, -0.25) is 9.59 Å². The molecule has 1 aromatic heterocycles. The molecule has 150 valence electrons. The van der Waals surface area contributed by atoms with Gasteiger partial charge in [-0.2, -0.15) is 11.8 Å². The van der Waals surface area contributed by atoms with Crippen molar-refractivity contribution in [2.75, 3.05) is 23.4 Å². The monoisotopic (exact) mass is 421 g/mol. The van der Waals surface area contributed by atoms with Crippen LogP contribution >= 0.6 is 23.1 Å². The number of nitrogens with one attached hydrogen (secondary N) is 1. The number of hydrogen-bond acceptors (Lipinski definition) is 6. The number of ether oxygens (including phenoxy) is 1. The van der Waals surface area contributed by atoms with Crippen LogP contribution in [-0.4, -0.2) is 41.1 Å². The number of thioether (sulfide) groups is 1. The molecule has 2 rings (SSSR count). The molecule has 1 amide bonds. The second-order valence-corrected chi connectivity index (χ2v) is 8.12. The average molecular weight is 422 g/mol. The Morgan fingerprint density at radius 1 is 1.21 bits per heavy atom. The van der Waals surface area contributed by atoms with Gasteiger partial charge in [0.25, 0.3) is 0 Å². The van der Waals surface area contributed by atoms with Crippen LogP contribution in [0.5, 0.6) is 0 Å². The first-order valence-corrected chi connectivity index (χ1v) is 10.8. The molecule has 2 aromatic rings. The van der Waals surface area contributed by atoms with Gasteiger partial charge < -0.3 is 15.2 Å². The third-order valence-corrected chi connectivity index (χ3v) is 5.74. The maximum absolute atomic E-state index is 12.6. The van der Waals surface area contributed by atoms with Crippen molar-refractivity contribution >= 4 is 45.9 Å². The summed E-state index contributed by atoms with van der Waals surface area (Å²) in [5.74, 6) is -1.19. The Hall–Kier alpha value is -2.32. The highest BCUT2D eigenvalue weighted by molar-refractivity contribution is 7.99. The van der Waals surface area contributed by atoms with Gasteiger partial charge in [-0.05, 0) is 31.9 Å². The first-order chi connectivity index (χ1) is 13.3. The van der Waals surface area contributed by atoms with Crippen LogP contribution in [0.4, 0.5) is 5.00 Å². The lowest BCUT2D eigenvalue weighted by Crippen LogP contribution is -2.17. The van der Waals surface area contributed by atoms with E-state index in [-0.39, 0.29) is 24.7 Å². The van der Waals surface area contributed by atoms with E-state index in [2.05, 4.69) is 5.32 Å². The van der Waals surface area contributed by atoms with Crippen LogP contribution in [-0.2, 0) is 14.3 Å². The van der Waals surface area contributed by atoms with E-state index in [1.54, 1.807) is 6.92 Å². The molecule has 1 heterocycles. The molecule has 1 aromatic carbocycles. The molecule has 0 saturated carbocycles. The number of anilines is 1. The molecule has 0 saturated heterocycles. The standard InChI is InChI=1S/C20H23NO5S2/c1-4-26-20(25)18-15(14-6-5-12(2)9-13(14)3)10-28-19(18)21-16(22)11-27-8-7-17(23)24/h5-6,9-10H,4,7-8,11H2,1-3H3,(H,21,22)(H,23,24). The van der Waals surface area contributed by atoms with Crippen molar-refractivity contribution in [2.45, 2.75) is 27.2 Å². The van der Waals surface area contributed by atoms with Crippen LogP contribution in [0.15, 0.2) is 23.6 Å². The lowest BCUT2D eigenvalue weighted by molar-refractivity contribution is -0.136. The van der Waals surface area contributed by atoms with Crippen molar-refractivity contribution in [1.82, 2.24) is 0 Å². The minimum atomic E-state index is -0.895. The largest absolute Gasteiger partial charge is 0.481 e. The molecule has 0 aliphatic rings. The Labute approximate surface area is 172 Å². The summed E-state index contributed by atoms with van der Waals surface area (Å²) < 4.78 is 5.21. The van der Waals surface area contributed by atoms with E-state index in [1.165, 1.54) is 23.1 Å². The van der Waals surface area contributed by atoms with Gasteiger partial charge in [0.15, 0.2) is 0 Å². The molecule has 0 spiro atoms. The number of carbonyl (C=O) groups excluding carboxylic acids is 2. The van der Waals surface area contributed by atoms with Gasteiger partial charge in [0.05, 0.1) is 18.8 Å². The van der Waals surface area contributed by atoms with Gasteiger partial charge in [-0.25, -0.2) is 4.79 Å². The number of aliphatic carboxylic acids is 1. The molecule has 0 fully saturated rings. The zero-order chi connectivity index (χ0) is 20.7. The summed E-state index contributed by atoms with van der Waals surface area (Å²) in [6.45, 7) is 5.95. The zero-order valence-electron chi connectivity index (χ0n) is 16.0. The molecule has 8 heteroatoms. The van der Waals surface area contributed by atoms with Crippen molar-refractivity contribution in [2.24, 2.45) is 0 Å². The summed E-state index contributed by atoms with van der Waals surface area (Å²) in [5.41, 5.74) is 4.16. The van der Waals surface area contributed by atoms with Crippen molar-refractivity contribution in [3.05, 3.63) is 40.3 Å². The van der Waals surface area contributed by atoms with Gasteiger partial charge >= 0.3 is 11.9 Å². The van der Waals surface area contributed by atoms with Gasteiger partial charge in [0, 0.05) is 16.7 Å². The van der Waals surface area contributed by atoms with E-state index in [0.29, 0.717) is 16.3 Å². The van der Waals surface area contributed by atoms with Crippen LogP contribution in [0.2, 0.25) is 0 Å². The molecular weight excluding hydrogens is 398 g/mol. The van der Waals surface area contributed by atoms with Crippen LogP contribution in [0, 0.1) is 13.8 Å². The van der Waals surface area contributed by atoms with Crippen molar-refractivity contribution in [3.63, 3.8) is 0 Å². The molecule has 0 bridgehead atoms. The number of benzene rings is 1. The molecule has 6 nitrogen and oxygen atoms in total. The molecular formula is C20H23NO5S2. The number of carboxylic acids is 1. The summed E-state index contributed by atoms with van der Waals surface area (Å²) in [7, 11) is 0. The van der Waals surface area contributed by atoms with Crippen molar-refractivity contribution in [3.8, 4) is 11.1 Å². The van der Waals surface area contributed by atoms with Gasteiger partial charge in [0.1, 0.15) is 10.6 Å². The normalized spacial score (nSPS) is 10.5. The lowest BCUT2D eigenvalue weighted by Gasteiger charge is -2.11. The van der Waals surface area contributed by atoms with E-state index in [4.69, 9.17) is 9.84 Å². The Morgan fingerprint density at radius 2 is 1.96 bits per heavy atom. The number of esters is 1. The van der Waals surface area contributed by atoms with Crippen molar-refractivity contribution < 1.29 is 24.2 Å². The molecule has 0 atom stereocenters. The third-order valence-electron chi connectivity index (χ3n) is 3.89. The highest BCUT2D eigenvalue weighted by Gasteiger charge is 2.23. The van der Waals surface area contributed by atoms with Crippen LogP contribution < -0.4 is 5.32 Å². The predicted molar refractivity (Wildman–Crippen MR) is 113 cm³/mol. The predicted octanol–water partition coefficient (Wildman–Crippen LogP) is 4.36. The topological polar surface area (TPSA) is 92.7 Å². The Kier molecular flexibility index (Phi) is 8.07. The van der Waals surface area contributed by atoms with Gasteiger partial charge in [-0.15, -0.1) is 11.3 Å². The second kappa shape index (κ2) is 10.3. The number of thiophene rings is 1. The summed E-state index contributed by atoms with van der Waals surface area (Å²) in [4.78, 5) is 35.3. The SMILES string of the molecule is CCOC(=O)c1c(-c2ccc(C)cc2C)csc1NC(=O)CSCCC(=O)O. The average Bonchev–Trinajstić information content (AvgIpc) is 3.02. The fourth-order valence-electron chi connectivity index (χ4n) is 2.66. The fraction of sp³-hybridized carbons (Fsp3) is 0.350. The maximum Gasteiger partial charge on any atom is 0.341 e. The number of rotatable bonds is 9. The first-order valence-electron chi connectivity index (χ1n) is 8.79. The first kappa shape index (κ1) is 22.0. The molecule has 0 aliphatic heterocycles. The summed E-state index contributed by atoms with van der Waals surface area (Å²) in [6, 6.07) is 5.98. The summed E-state index contributed by atoms with van der Waals surface area (Å²) in [5, 5.41) is 13.7. The number of carbonyl (C=O) groups is 3. The smallest absolute Gasteiger partial charge is 0.341 e. The van der Waals surface area contributed by atoms with Gasteiger partial charge in [0.2, 0.25) is 5.91 Å². The minimum absolute atomic E-state index is 0.00186. The van der Waals surface area contributed by atoms with E-state index >= 15 is 0 Å². The molecule has 2 N–H and O–H groups in total. The summed E-state index contributed by atoms with van der Waals surface area (Å²) in [6.07, 6.45) is 0.00186. The quantitative estimate of drug-likeness (QED) is 0.462. The van der Waals surface area contributed by atoms with E-state index < -0.39 is 11.9 Å². The Morgan fingerprint density at radius 3 is 2.61 bits per heavy atom. The number of carboxylic acid groups (broad SMARTS) is 1. The highest BCUT2D eigenvalue weighted by atomic mass is 32.2. The maximum atomic E-state index is 12.6. The Balaban J connectivity index is 2.25. The number of hydrogen-bond donors (Lipinski definition) is 2. The number of amides is 1. The van der Waals surface area contributed by atoms with Crippen LogP contribution in [0.1, 0.15) is 34.8 Å². The third kappa shape index (κ3) is 5.84. The summed E-state index contributed by atoms with van der Waals surface area (Å²) >= 11 is 2.51. The van der Waals surface area contributed by atoms with E-state index in [9.17, 15) is 14.4 Å². The van der Waals surface area contributed by atoms with E-state index in [0.717, 1.165) is 22.3 Å². The second-order valence-electron chi connectivity index (χ2n) is 6.14. The Bertz CT molecular complexity index is 875. The fourth-order valence-corrected chi connectivity index (χ4v) is 4.34. The molecule has 28 heavy (non-hydrogen) atoms. The van der Waals surface area contributed by atoms with E-state index in [1.807, 2.05) is 37.4 Å². The highest BCUT2D eigenvalue weighted by Crippen LogP contribution is 2.38. The molecule has 0 aliphatic carbocycles. The lowest BCUT2D eigenvalue weighted by atomic mass is 9.97. The van der Waals surface area contributed by atoms with Gasteiger partial charge in [-0.1, -0.05) is 23.8 Å².